The van der Waals surface area contributed by atoms with Gasteiger partial charge >= 0.3 is 18.0 Å². The first-order valence-corrected chi connectivity index (χ1v) is 6.83. The summed E-state index contributed by atoms with van der Waals surface area (Å²) >= 11 is 0. The zero-order chi connectivity index (χ0) is 17.6. The third-order valence-electron chi connectivity index (χ3n) is 3.05. The minimum Gasteiger partial charge on any atom is -0.481 e. The minimum absolute atomic E-state index is 0.00684. The van der Waals surface area contributed by atoms with E-state index < -0.39 is 29.3 Å². The van der Waals surface area contributed by atoms with Gasteiger partial charge in [0.25, 0.3) is 0 Å². The predicted octanol–water partition coefficient (Wildman–Crippen LogP) is 2.38. The van der Waals surface area contributed by atoms with Gasteiger partial charge in [0.2, 0.25) is 0 Å². The smallest absolute Gasteiger partial charge is 0.339 e. The maximum absolute atomic E-state index is 13.3. The number of benzene rings is 1. The number of aliphatic carboxylic acids is 1. The third-order valence-corrected chi connectivity index (χ3v) is 3.05. The van der Waals surface area contributed by atoms with Gasteiger partial charge < -0.3 is 20.5 Å². The van der Waals surface area contributed by atoms with Crippen LogP contribution < -0.4 is 10.6 Å². The molecule has 1 aromatic rings. The zero-order valence-electron chi connectivity index (χ0n) is 13.1. The Hall–Kier alpha value is -2.64. The lowest BCUT2D eigenvalue weighted by atomic mass is 9.99. The minimum atomic E-state index is -0.974. The highest BCUT2D eigenvalue weighted by molar-refractivity contribution is 6.00. The van der Waals surface area contributed by atoms with Crippen molar-refractivity contribution in [3.8, 4) is 0 Å². The molecule has 0 atom stereocenters. The SMILES string of the molecule is COC(=O)c1ccc(F)cc1NC(=O)NC(C)(C)CCC(=O)O. The van der Waals surface area contributed by atoms with Crippen molar-refractivity contribution in [1.29, 1.82) is 0 Å². The van der Waals surface area contributed by atoms with Crippen LogP contribution in [0, 0.1) is 5.82 Å². The Morgan fingerprint density at radius 2 is 1.96 bits per heavy atom. The van der Waals surface area contributed by atoms with E-state index in [-0.39, 0.29) is 24.1 Å². The van der Waals surface area contributed by atoms with Crippen LogP contribution in [0.1, 0.15) is 37.0 Å². The second kappa shape index (κ2) is 7.57. The van der Waals surface area contributed by atoms with E-state index in [0.29, 0.717) is 0 Å². The van der Waals surface area contributed by atoms with Gasteiger partial charge in [0, 0.05) is 12.0 Å². The molecule has 0 aliphatic rings. The third kappa shape index (κ3) is 5.93. The molecule has 0 radical (unpaired) electrons. The number of hydrogen-bond donors (Lipinski definition) is 3. The summed E-state index contributed by atoms with van der Waals surface area (Å²) in [5.74, 6) is -2.32. The molecule has 0 bridgehead atoms. The predicted molar refractivity (Wildman–Crippen MR) is 80.8 cm³/mol. The number of esters is 1. The number of anilines is 1. The maximum atomic E-state index is 13.3. The van der Waals surface area contributed by atoms with E-state index in [1.165, 1.54) is 13.2 Å². The number of carbonyl (C=O) groups is 3. The molecule has 126 valence electrons. The van der Waals surface area contributed by atoms with Crippen molar-refractivity contribution in [2.24, 2.45) is 0 Å². The molecule has 0 spiro atoms. The van der Waals surface area contributed by atoms with E-state index in [2.05, 4.69) is 15.4 Å². The number of halogens is 1. The van der Waals surface area contributed by atoms with Gasteiger partial charge in [0.1, 0.15) is 5.82 Å². The van der Waals surface area contributed by atoms with E-state index in [1.54, 1.807) is 13.8 Å². The van der Waals surface area contributed by atoms with E-state index in [4.69, 9.17) is 5.11 Å². The molecule has 0 saturated carbocycles. The summed E-state index contributed by atoms with van der Waals surface area (Å²) in [7, 11) is 1.17. The number of carboxylic acids is 1. The van der Waals surface area contributed by atoms with Crippen LogP contribution in [0.3, 0.4) is 0 Å². The van der Waals surface area contributed by atoms with Gasteiger partial charge in [-0.15, -0.1) is 0 Å². The molecule has 0 aromatic heterocycles. The number of carbonyl (C=O) groups excluding carboxylic acids is 2. The summed E-state index contributed by atoms with van der Waals surface area (Å²) in [6, 6.07) is 2.59. The molecule has 0 fully saturated rings. The summed E-state index contributed by atoms with van der Waals surface area (Å²) in [6.45, 7) is 3.31. The van der Waals surface area contributed by atoms with Crippen molar-refractivity contribution in [3.05, 3.63) is 29.6 Å². The van der Waals surface area contributed by atoms with Gasteiger partial charge in [-0.25, -0.2) is 14.0 Å². The van der Waals surface area contributed by atoms with Crippen LogP contribution in [0.2, 0.25) is 0 Å². The molecule has 7 nitrogen and oxygen atoms in total. The average Bonchev–Trinajstić information content (AvgIpc) is 2.44. The maximum Gasteiger partial charge on any atom is 0.339 e. The number of hydrogen-bond acceptors (Lipinski definition) is 4. The summed E-state index contributed by atoms with van der Waals surface area (Å²) in [5.41, 5.74) is -0.822. The van der Waals surface area contributed by atoms with Crippen LogP contribution >= 0.6 is 0 Å². The monoisotopic (exact) mass is 326 g/mol. The van der Waals surface area contributed by atoms with Crippen molar-refractivity contribution in [2.75, 3.05) is 12.4 Å². The van der Waals surface area contributed by atoms with Gasteiger partial charge in [-0.05, 0) is 38.5 Å². The van der Waals surface area contributed by atoms with Crippen LogP contribution in [0.5, 0.6) is 0 Å². The van der Waals surface area contributed by atoms with Crippen LogP contribution in [0.15, 0.2) is 18.2 Å². The zero-order valence-corrected chi connectivity index (χ0v) is 13.1. The Morgan fingerprint density at radius 1 is 1.30 bits per heavy atom. The van der Waals surface area contributed by atoms with Crippen molar-refractivity contribution in [1.82, 2.24) is 5.32 Å². The fraction of sp³-hybridized carbons (Fsp3) is 0.400. The average molecular weight is 326 g/mol. The van der Waals surface area contributed by atoms with E-state index in [9.17, 15) is 18.8 Å². The van der Waals surface area contributed by atoms with Crippen LogP contribution in [0.4, 0.5) is 14.9 Å². The Kier molecular flexibility index (Phi) is 6.06. The fourth-order valence-corrected chi connectivity index (χ4v) is 1.85. The molecule has 1 rings (SSSR count). The molecule has 3 N–H and O–H groups in total. The number of nitrogens with one attached hydrogen (secondary N) is 2. The highest BCUT2D eigenvalue weighted by Gasteiger charge is 2.23. The number of urea groups is 1. The number of carboxylic acid groups (broad SMARTS) is 1. The van der Waals surface area contributed by atoms with Gasteiger partial charge in [-0.3, -0.25) is 4.79 Å². The van der Waals surface area contributed by atoms with E-state index in [0.717, 1.165) is 12.1 Å². The lowest BCUT2D eigenvalue weighted by molar-refractivity contribution is -0.137. The number of rotatable bonds is 6. The second-order valence-electron chi connectivity index (χ2n) is 5.54. The van der Waals surface area contributed by atoms with Crippen LogP contribution in [-0.4, -0.2) is 35.7 Å². The summed E-state index contributed by atoms with van der Waals surface area (Å²) in [4.78, 5) is 34.2. The van der Waals surface area contributed by atoms with Crippen LogP contribution in [-0.2, 0) is 9.53 Å². The van der Waals surface area contributed by atoms with Gasteiger partial charge in [-0.2, -0.15) is 0 Å². The summed E-state index contributed by atoms with van der Waals surface area (Å²) < 4.78 is 17.9. The molecule has 8 heteroatoms. The quantitative estimate of drug-likeness (QED) is 0.696. The molecule has 2 amide bonds. The molecule has 0 heterocycles. The topological polar surface area (TPSA) is 105 Å². The van der Waals surface area contributed by atoms with Gasteiger partial charge in [0.05, 0.1) is 18.4 Å². The standard InChI is InChI=1S/C15H19FN2O5/c1-15(2,7-6-12(19)20)18-14(22)17-11-8-9(16)4-5-10(11)13(21)23-3/h4-5,8H,6-7H2,1-3H3,(H,19,20)(H2,17,18,22). The Morgan fingerprint density at radius 3 is 2.52 bits per heavy atom. The molecule has 1 aromatic carbocycles. The highest BCUT2D eigenvalue weighted by atomic mass is 19.1. The highest BCUT2D eigenvalue weighted by Crippen LogP contribution is 2.19. The van der Waals surface area contributed by atoms with Crippen LogP contribution in [0.25, 0.3) is 0 Å². The Labute approximate surface area is 132 Å². The number of methoxy groups -OCH3 is 1. The largest absolute Gasteiger partial charge is 0.481 e. The molecular formula is C15H19FN2O5. The van der Waals surface area contributed by atoms with Crippen molar-refractivity contribution >= 4 is 23.7 Å². The van der Waals surface area contributed by atoms with Crippen molar-refractivity contribution in [2.45, 2.75) is 32.2 Å². The lowest BCUT2D eigenvalue weighted by Crippen LogP contribution is -2.46. The van der Waals surface area contributed by atoms with Crippen molar-refractivity contribution < 1.29 is 28.6 Å². The Balaban J connectivity index is 2.83. The van der Waals surface area contributed by atoms with Gasteiger partial charge in [-0.1, -0.05) is 0 Å². The first kappa shape index (κ1) is 18.4. The first-order valence-electron chi connectivity index (χ1n) is 6.83. The second-order valence-corrected chi connectivity index (χ2v) is 5.54. The lowest BCUT2D eigenvalue weighted by Gasteiger charge is -2.26. The van der Waals surface area contributed by atoms with Gasteiger partial charge in [0.15, 0.2) is 0 Å². The molecule has 0 saturated heterocycles. The van der Waals surface area contributed by atoms with Crippen molar-refractivity contribution in [3.63, 3.8) is 0 Å². The molecule has 0 aliphatic carbocycles. The summed E-state index contributed by atoms with van der Waals surface area (Å²) in [5, 5.41) is 13.6. The molecule has 23 heavy (non-hydrogen) atoms. The molecule has 0 aliphatic heterocycles. The molecule has 0 unspecified atom stereocenters. The number of amides is 2. The normalized spacial score (nSPS) is 10.8. The number of ether oxygens (including phenoxy) is 1. The molecular weight excluding hydrogens is 307 g/mol. The van der Waals surface area contributed by atoms with E-state index in [1.807, 2.05) is 0 Å². The van der Waals surface area contributed by atoms with E-state index >= 15 is 0 Å². The fourth-order valence-electron chi connectivity index (χ4n) is 1.85. The first-order chi connectivity index (χ1) is 10.6. The summed E-state index contributed by atoms with van der Waals surface area (Å²) in [6.07, 6.45) is 0.101. The Bertz CT molecular complexity index is 616.